The summed E-state index contributed by atoms with van der Waals surface area (Å²) in [5, 5.41) is 12.2. The van der Waals surface area contributed by atoms with E-state index in [1.807, 2.05) is 0 Å². The van der Waals surface area contributed by atoms with Crippen molar-refractivity contribution in [3.05, 3.63) is 35.8 Å². The average molecular weight is 343 g/mol. The summed E-state index contributed by atoms with van der Waals surface area (Å²) in [4.78, 5) is 27.9. The Morgan fingerprint density at radius 1 is 1.24 bits per heavy atom. The number of pyridine rings is 1. The molecular formula is C17H21N5O3. The minimum atomic E-state index is -0.582. The zero-order valence-corrected chi connectivity index (χ0v) is 14.4. The Kier molecular flexibility index (Phi) is 4.43. The first-order valence-electron chi connectivity index (χ1n) is 8.13. The number of hydrogen-bond acceptors (Lipinski definition) is 5. The zero-order chi connectivity index (χ0) is 18.0. The van der Waals surface area contributed by atoms with E-state index in [4.69, 9.17) is 4.74 Å². The van der Waals surface area contributed by atoms with Gasteiger partial charge in [0.25, 0.3) is 5.91 Å². The summed E-state index contributed by atoms with van der Waals surface area (Å²) in [5.41, 5.74) is 1.27. The molecule has 1 aliphatic carbocycles. The molecule has 25 heavy (non-hydrogen) atoms. The van der Waals surface area contributed by atoms with E-state index in [1.165, 1.54) is 6.20 Å². The van der Waals surface area contributed by atoms with E-state index >= 15 is 0 Å². The number of H-pyrrole nitrogens is 1. The van der Waals surface area contributed by atoms with Crippen LogP contribution in [0.25, 0.3) is 0 Å². The van der Waals surface area contributed by atoms with E-state index in [1.54, 1.807) is 39.0 Å². The second kappa shape index (κ2) is 6.54. The van der Waals surface area contributed by atoms with Crippen LogP contribution in [0.1, 0.15) is 55.7 Å². The number of amides is 2. The second-order valence-corrected chi connectivity index (χ2v) is 7.00. The summed E-state index contributed by atoms with van der Waals surface area (Å²) in [7, 11) is 0. The largest absolute Gasteiger partial charge is 0.444 e. The van der Waals surface area contributed by atoms with E-state index in [0.29, 0.717) is 23.1 Å². The molecule has 0 aliphatic heterocycles. The molecule has 0 unspecified atom stereocenters. The number of nitrogens with zero attached hydrogens (tertiary/aromatic N) is 2. The molecule has 1 fully saturated rings. The molecule has 0 atom stereocenters. The Morgan fingerprint density at radius 2 is 2.00 bits per heavy atom. The third-order valence-electron chi connectivity index (χ3n) is 3.50. The molecule has 2 aromatic heterocycles. The van der Waals surface area contributed by atoms with E-state index in [0.717, 1.165) is 18.5 Å². The third kappa shape index (κ3) is 4.79. The van der Waals surface area contributed by atoms with Gasteiger partial charge in [0.15, 0.2) is 5.69 Å². The molecule has 0 saturated heterocycles. The van der Waals surface area contributed by atoms with Gasteiger partial charge in [0, 0.05) is 11.6 Å². The number of nitrogens with one attached hydrogen (secondary N) is 3. The molecule has 8 nitrogen and oxygen atoms in total. The van der Waals surface area contributed by atoms with Crippen LogP contribution in [0.2, 0.25) is 0 Å². The molecule has 0 spiro atoms. The molecule has 0 bridgehead atoms. The normalized spacial score (nSPS) is 14.0. The first-order valence-corrected chi connectivity index (χ1v) is 8.13. The van der Waals surface area contributed by atoms with Gasteiger partial charge in [-0.25, -0.2) is 9.78 Å². The molecule has 132 valence electrons. The standard InChI is InChI=1S/C17H21N5O3/c1-17(2,3)25-16(24)20-14-7-6-11(9-18-14)19-15(23)13-8-12(21-22-13)10-4-5-10/h6-10H,4-5H2,1-3H3,(H,19,23)(H,21,22)(H,18,20,24). The topological polar surface area (TPSA) is 109 Å². The number of carbonyl (C=O) groups is 2. The van der Waals surface area contributed by atoms with Crippen LogP contribution >= 0.6 is 0 Å². The molecule has 3 rings (SSSR count). The van der Waals surface area contributed by atoms with Gasteiger partial charge in [0.2, 0.25) is 0 Å². The third-order valence-corrected chi connectivity index (χ3v) is 3.50. The van der Waals surface area contributed by atoms with Crippen LogP contribution in [0, 0.1) is 0 Å². The van der Waals surface area contributed by atoms with E-state index < -0.39 is 11.7 Å². The summed E-state index contributed by atoms with van der Waals surface area (Å²) >= 11 is 0. The smallest absolute Gasteiger partial charge is 0.413 e. The summed E-state index contributed by atoms with van der Waals surface area (Å²) in [6.45, 7) is 5.34. The summed E-state index contributed by atoms with van der Waals surface area (Å²) in [5.74, 6) is 0.537. The van der Waals surface area contributed by atoms with Crippen molar-refractivity contribution in [2.45, 2.75) is 45.1 Å². The van der Waals surface area contributed by atoms with Crippen LogP contribution in [0.5, 0.6) is 0 Å². The monoisotopic (exact) mass is 343 g/mol. The first kappa shape index (κ1) is 16.9. The first-order chi connectivity index (χ1) is 11.8. The van der Waals surface area contributed by atoms with Crippen molar-refractivity contribution in [1.29, 1.82) is 0 Å². The Hall–Kier alpha value is -2.90. The van der Waals surface area contributed by atoms with Gasteiger partial charge in [-0.05, 0) is 51.8 Å². The summed E-state index contributed by atoms with van der Waals surface area (Å²) < 4.78 is 5.15. The fraction of sp³-hybridized carbons (Fsp3) is 0.412. The summed E-state index contributed by atoms with van der Waals surface area (Å²) in [6, 6.07) is 5.00. The van der Waals surface area contributed by atoms with E-state index in [9.17, 15) is 9.59 Å². The number of ether oxygens (including phenoxy) is 1. The predicted molar refractivity (Wildman–Crippen MR) is 92.6 cm³/mol. The van der Waals surface area contributed by atoms with Gasteiger partial charge in [0.1, 0.15) is 11.4 Å². The fourth-order valence-electron chi connectivity index (χ4n) is 2.20. The van der Waals surface area contributed by atoms with Gasteiger partial charge in [-0.1, -0.05) is 0 Å². The van der Waals surface area contributed by atoms with Crippen molar-refractivity contribution in [3.63, 3.8) is 0 Å². The highest BCUT2D eigenvalue weighted by Gasteiger charge is 2.26. The number of anilines is 2. The van der Waals surface area contributed by atoms with Gasteiger partial charge in [-0.15, -0.1) is 0 Å². The lowest BCUT2D eigenvalue weighted by molar-refractivity contribution is 0.0635. The van der Waals surface area contributed by atoms with Crippen molar-refractivity contribution in [3.8, 4) is 0 Å². The van der Waals surface area contributed by atoms with Crippen molar-refractivity contribution in [1.82, 2.24) is 15.2 Å². The highest BCUT2D eigenvalue weighted by molar-refractivity contribution is 6.02. The Labute approximate surface area is 145 Å². The van der Waals surface area contributed by atoms with Gasteiger partial charge in [-0.3, -0.25) is 15.2 Å². The van der Waals surface area contributed by atoms with Gasteiger partial charge in [-0.2, -0.15) is 5.10 Å². The van der Waals surface area contributed by atoms with Gasteiger partial charge in [0.05, 0.1) is 11.9 Å². The quantitative estimate of drug-likeness (QED) is 0.789. The number of carbonyl (C=O) groups excluding carboxylic acids is 2. The maximum atomic E-state index is 12.2. The molecule has 2 amide bonds. The van der Waals surface area contributed by atoms with Gasteiger partial charge >= 0.3 is 6.09 Å². The molecular weight excluding hydrogens is 322 g/mol. The summed E-state index contributed by atoms with van der Waals surface area (Å²) in [6.07, 6.45) is 3.15. The average Bonchev–Trinajstić information content (AvgIpc) is 3.24. The second-order valence-electron chi connectivity index (χ2n) is 7.00. The highest BCUT2D eigenvalue weighted by atomic mass is 16.6. The SMILES string of the molecule is CC(C)(C)OC(=O)Nc1ccc(NC(=O)c2cc(C3CC3)[nH]n2)cn1. The van der Waals surface area contributed by atoms with Crippen molar-refractivity contribution in [2.24, 2.45) is 0 Å². The van der Waals surface area contributed by atoms with E-state index in [2.05, 4.69) is 25.8 Å². The van der Waals surface area contributed by atoms with Crippen LogP contribution < -0.4 is 10.6 Å². The number of aromatic nitrogens is 3. The van der Waals surface area contributed by atoms with Crippen LogP contribution in [0.3, 0.4) is 0 Å². The number of aromatic amines is 1. The molecule has 0 radical (unpaired) electrons. The lowest BCUT2D eigenvalue weighted by atomic mass is 10.2. The molecule has 8 heteroatoms. The van der Waals surface area contributed by atoms with Crippen LogP contribution in [-0.2, 0) is 4.74 Å². The minimum Gasteiger partial charge on any atom is -0.444 e. The van der Waals surface area contributed by atoms with Gasteiger partial charge < -0.3 is 10.1 Å². The minimum absolute atomic E-state index is 0.308. The Balaban J connectivity index is 1.56. The molecule has 1 aliphatic rings. The lowest BCUT2D eigenvalue weighted by Crippen LogP contribution is -2.27. The molecule has 0 aromatic carbocycles. The zero-order valence-electron chi connectivity index (χ0n) is 14.4. The number of rotatable bonds is 4. The molecule has 1 saturated carbocycles. The fourth-order valence-corrected chi connectivity index (χ4v) is 2.20. The maximum absolute atomic E-state index is 12.2. The predicted octanol–water partition coefficient (Wildman–Crippen LogP) is 3.28. The molecule has 2 heterocycles. The number of hydrogen-bond donors (Lipinski definition) is 3. The van der Waals surface area contributed by atoms with Crippen molar-refractivity contribution in [2.75, 3.05) is 10.6 Å². The Bertz CT molecular complexity index is 772. The highest BCUT2D eigenvalue weighted by Crippen LogP contribution is 2.39. The van der Waals surface area contributed by atoms with Crippen molar-refractivity contribution >= 4 is 23.5 Å². The lowest BCUT2D eigenvalue weighted by Gasteiger charge is -2.19. The Morgan fingerprint density at radius 3 is 2.60 bits per heavy atom. The maximum Gasteiger partial charge on any atom is 0.413 e. The van der Waals surface area contributed by atoms with E-state index in [-0.39, 0.29) is 5.91 Å². The molecule has 3 N–H and O–H groups in total. The molecule has 2 aromatic rings. The van der Waals surface area contributed by atoms with Crippen LogP contribution in [0.15, 0.2) is 24.4 Å². The van der Waals surface area contributed by atoms with Crippen molar-refractivity contribution < 1.29 is 14.3 Å². The van der Waals surface area contributed by atoms with Crippen LogP contribution in [0.4, 0.5) is 16.3 Å². The van der Waals surface area contributed by atoms with Crippen LogP contribution in [-0.4, -0.2) is 32.8 Å².